The van der Waals surface area contributed by atoms with Crippen LogP contribution in [0.3, 0.4) is 0 Å². The molecule has 0 spiro atoms. The summed E-state index contributed by atoms with van der Waals surface area (Å²) >= 11 is 0. The number of hydrogen-bond donors (Lipinski definition) is 6. The van der Waals surface area contributed by atoms with Crippen molar-refractivity contribution in [3.05, 3.63) is 48.5 Å². The molecule has 8 heteroatoms. The van der Waals surface area contributed by atoms with E-state index in [0.717, 1.165) is 11.1 Å². The third-order valence-electron chi connectivity index (χ3n) is 2.88. The summed E-state index contributed by atoms with van der Waals surface area (Å²) in [7, 11) is -8.57. The fourth-order valence-electron chi connectivity index (χ4n) is 1.77. The molecular weight excluding hydrogens is 296 g/mol. The van der Waals surface area contributed by atoms with Crippen molar-refractivity contribution in [3.8, 4) is 11.1 Å². The van der Waals surface area contributed by atoms with Crippen molar-refractivity contribution in [2.45, 2.75) is 0 Å². The van der Waals surface area contributed by atoms with E-state index >= 15 is 0 Å². The first-order chi connectivity index (χ1) is 9.18. The van der Waals surface area contributed by atoms with Gasteiger partial charge in [-0.2, -0.15) is 0 Å². The molecule has 0 heterocycles. The Morgan fingerprint density at radius 1 is 0.450 bits per heavy atom. The molecule has 6 N–H and O–H groups in total. The molecule has 2 rings (SSSR count). The molecule has 0 aliphatic carbocycles. The van der Waals surface area contributed by atoms with Gasteiger partial charge in [-0.05, 0) is 11.1 Å². The van der Waals surface area contributed by atoms with E-state index in [2.05, 4.69) is 0 Å². The summed E-state index contributed by atoms with van der Waals surface area (Å²) in [6, 6.07) is 12.1. The fourth-order valence-corrected chi connectivity index (χ4v) is 3.00. The lowest BCUT2D eigenvalue weighted by molar-refractivity contribution is 0.248. The monoisotopic (exact) mass is 310 g/mol. The lowest BCUT2D eigenvalue weighted by atomic mass is 10.1. The maximum Gasteiger partial charge on any atom is 0.528 e. The minimum absolute atomic E-state index is 0.0744. The third-order valence-corrected chi connectivity index (χ3v) is 5.09. The lowest BCUT2D eigenvalue weighted by Gasteiger charge is -2.12. The van der Waals surface area contributed by atoms with E-state index < -0.39 is 17.6 Å². The summed E-state index contributed by atoms with van der Waals surface area (Å²) in [6.07, 6.45) is 0. The van der Waals surface area contributed by atoms with Gasteiger partial charge in [0.1, 0.15) is 0 Å². The molecule has 2 aromatic rings. The van der Waals surface area contributed by atoms with Gasteiger partial charge in [-0.15, -0.1) is 0 Å². The average Bonchev–Trinajstić information content (AvgIpc) is 2.37. The zero-order valence-corrected chi connectivity index (χ0v) is 12.3. The summed E-state index contributed by atoms with van der Waals surface area (Å²) < 4.78 is 0. The predicted octanol–water partition coefficient (Wildman–Crippen LogP) is -2.40. The highest BCUT2D eigenvalue weighted by atomic mass is 28.4. The summed E-state index contributed by atoms with van der Waals surface area (Å²) in [5.74, 6) is 0. The second kappa shape index (κ2) is 5.20. The lowest BCUT2D eigenvalue weighted by Crippen LogP contribution is -2.48. The molecule has 0 radical (unpaired) electrons. The zero-order valence-electron chi connectivity index (χ0n) is 10.3. The minimum Gasteiger partial charge on any atom is -0.386 e. The van der Waals surface area contributed by atoms with Crippen molar-refractivity contribution in [2.75, 3.05) is 0 Å². The molecular formula is C12H14O6Si2. The molecule has 0 aliphatic rings. The van der Waals surface area contributed by atoms with Crippen molar-refractivity contribution in [1.29, 1.82) is 0 Å². The maximum absolute atomic E-state index is 9.15. The Kier molecular flexibility index (Phi) is 3.91. The SMILES string of the molecule is O[Si](O)(O)c1ccc(-c2ccc([Si](O)(O)O)cc2)cc1. The standard InChI is InChI=1S/C12H14O6Si2/c13-19(14,15)11-5-1-9(2-6-11)10-3-7-12(8-4-10)20(16,17)18/h1-8,13-18H. The Morgan fingerprint density at radius 2 is 0.700 bits per heavy atom. The molecule has 0 aromatic heterocycles. The summed E-state index contributed by atoms with van der Waals surface area (Å²) in [5.41, 5.74) is 1.50. The van der Waals surface area contributed by atoms with Gasteiger partial charge in [0.05, 0.1) is 0 Å². The first-order valence-corrected chi connectivity index (χ1v) is 9.42. The normalized spacial score (nSPS) is 12.5. The highest BCUT2D eigenvalue weighted by molar-refractivity contribution is 6.72. The molecule has 0 saturated heterocycles. The number of hydrogen-bond acceptors (Lipinski definition) is 6. The highest BCUT2D eigenvalue weighted by Crippen LogP contribution is 2.17. The van der Waals surface area contributed by atoms with Gasteiger partial charge in [0.25, 0.3) is 0 Å². The zero-order chi connectivity index (χ0) is 15.0. The molecule has 0 unspecified atom stereocenters. The van der Waals surface area contributed by atoms with Gasteiger partial charge in [0, 0.05) is 10.4 Å². The van der Waals surface area contributed by atoms with Crippen molar-refractivity contribution in [3.63, 3.8) is 0 Å². The van der Waals surface area contributed by atoms with Gasteiger partial charge in [0.15, 0.2) is 0 Å². The summed E-state index contributed by atoms with van der Waals surface area (Å²) in [6.45, 7) is 0. The van der Waals surface area contributed by atoms with Crippen LogP contribution < -0.4 is 10.4 Å². The Hall–Kier alpha value is -1.37. The third kappa shape index (κ3) is 3.39. The van der Waals surface area contributed by atoms with Crippen molar-refractivity contribution in [2.24, 2.45) is 0 Å². The van der Waals surface area contributed by atoms with E-state index in [-0.39, 0.29) is 10.4 Å². The number of rotatable bonds is 3. The second-order valence-corrected chi connectivity index (χ2v) is 8.12. The van der Waals surface area contributed by atoms with Gasteiger partial charge < -0.3 is 28.8 Å². The van der Waals surface area contributed by atoms with E-state index in [1.165, 1.54) is 24.3 Å². The summed E-state index contributed by atoms with van der Waals surface area (Å²) in [5, 5.41) is 0.149. The molecule has 6 nitrogen and oxygen atoms in total. The van der Waals surface area contributed by atoms with Gasteiger partial charge in [-0.3, -0.25) is 0 Å². The van der Waals surface area contributed by atoms with E-state index in [0.29, 0.717) is 0 Å². The molecule has 0 aliphatic heterocycles. The van der Waals surface area contributed by atoms with Crippen LogP contribution >= 0.6 is 0 Å². The van der Waals surface area contributed by atoms with Crippen molar-refractivity contribution >= 4 is 28.0 Å². The minimum atomic E-state index is -4.28. The van der Waals surface area contributed by atoms with Crippen LogP contribution in [-0.4, -0.2) is 46.4 Å². The van der Waals surface area contributed by atoms with Crippen LogP contribution in [0.2, 0.25) is 0 Å². The summed E-state index contributed by atoms with van der Waals surface area (Å²) in [4.78, 5) is 54.9. The first kappa shape index (κ1) is 15.0. The molecule has 0 amide bonds. The van der Waals surface area contributed by atoms with Crippen LogP contribution in [0, 0.1) is 0 Å². The highest BCUT2D eigenvalue weighted by Gasteiger charge is 2.30. The maximum atomic E-state index is 9.15. The van der Waals surface area contributed by atoms with Gasteiger partial charge in [-0.25, -0.2) is 0 Å². The van der Waals surface area contributed by atoms with Gasteiger partial charge >= 0.3 is 17.6 Å². The topological polar surface area (TPSA) is 121 Å². The van der Waals surface area contributed by atoms with Crippen LogP contribution in [0.4, 0.5) is 0 Å². The molecule has 0 fully saturated rings. The Bertz CT molecular complexity index is 528. The van der Waals surface area contributed by atoms with Crippen LogP contribution in [0.15, 0.2) is 48.5 Å². The van der Waals surface area contributed by atoms with E-state index in [1.54, 1.807) is 24.3 Å². The average molecular weight is 310 g/mol. The molecule has 0 atom stereocenters. The van der Waals surface area contributed by atoms with Crippen LogP contribution in [-0.2, 0) is 0 Å². The Balaban J connectivity index is 2.29. The Labute approximate surface area is 117 Å². The number of benzene rings is 2. The Morgan fingerprint density at radius 3 is 0.900 bits per heavy atom. The van der Waals surface area contributed by atoms with E-state index in [4.69, 9.17) is 28.8 Å². The molecule has 2 aromatic carbocycles. The van der Waals surface area contributed by atoms with Gasteiger partial charge in [-0.1, -0.05) is 48.5 Å². The molecule has 0 saturated carbocycles. The van der Waals surface area contributed by atoms with Crippen LogP contribution in [0.1, 0.15) is 0 Å². The van der Waals surface area contributed by atoms with Gasteiger partial charge in [0.2, 0.25) is 0 Å². The van der Waals surface area contributed by atoms with Crippen LogP contribution in [0.5, 0.6) is 0 Å². The largest absolute Gasteiger partial charge is 0.528 e. The van der Waals surface area contributed by atoms with Crippen molar-refractivity contribution in [1.82, 2.24) is 0 Å². The predicted molar refractivity (Wildman–Crippen MR) is 76.0 cm³/mol. The van der Waals surface area contributed by atoms with E-state index in [9.17, 15) is 0 Å². The fraction of sp³-hybridized carbons (Fsp3) is 0. The van der Waals surface area contributed by atoms with Crippen molar-refractivity contribution < 1.29 is 28.8 Å². The first-order valence-electron chi connectivity index (χ1n) is 5.73. The quantitative estimate of drug-likeness (QED) is 0.352. The van der Waals surface area contributed by atoms with Crippen LogP contribution in [0.25, 0.3) is 11.1 Å². The molecule has 20 heavy (non-hydrogen) atoms. The molecule has 106 valence electrons. The molecule has 0 bridgehead atoms. The smallest absolute Gasteiger partial charge is 0.386 e. The van der Waals surface area contributed by atoms with E-state index in [1.807, 2.05) is 0 Å². The second-order valence-electron chi connectivity index (χ2n) is 4.43.